The summed E-state index contributed by atoms with van der Waals surface area (Å²) in [5, 5.41) is 3.84. The smallest absolute Gasteiger partial charge is 0.270 e. The average molecular weight is 515 g/mol. The van der Waals surface area contributed by atoms with E-state index in [2.05, 4.69) is 5.32 Å². The number of thiocarbonyl (C=S) groups is 1. The van der Waals surface area contributed by atoms with E-state index in [1.165, 1.54) is 16.7 Å². The highest BCUT2D eigenvalue weighted by molar-refractivity contribution is 8.27. The fourth-order valence-corrected chi connectivity index (χ4v) is 4.65. The molecule has 0 atom stereocenters. The maximum Gasteiger partial charge on any atom is 0.270 e. The van der Waals surface area contributed by atoms with Crippen molar-refractivity contribution < 1.29 is 14.3 Å². The fraction of sp³-hybridized carbons (Fsp3) is 0.0417. The van der Waals surface area contributed by atoms with Crippen molar-refractivity contribution in [2.45, 2.75) is 0 Å². The Hall–Kier alpha value is -2.84. The van der Waals surface area contributed by atoms with Crippen LogP contribution in [0, 0.1) is 0 Å². The molecule has 2 amide bonds. The van der Waals surface area contributed by atoms with Gasteiger partial charge in [0.15, 0.2) is 10.9 Å². The standard InChI is InChI=1S/C24H16Cl2N2O3S2/c25-16-7-9-19(10-8-16)28-23(30)21(33-24(28)32)12-15-3-1-6-20(11-15)31-14-22(29)27-18-5-2-4-17(26)13-18/h1-13H,14H2,(H,27,29)/b21-12-. The number of nitrogens with one attached hydrogen (secondary N) is 1. The third kappa shape index (κ3) is 5.94. The van der Waals surface area contributed by atoms with Crippen LogP contribution in [0.4, 0.5) is 11.4 Å². The molecule has 0 bridgehead atoms. The molecule has 0 radical (unpaired) electrons. The van der Waals surface area contributed by atoms with Crippen LogP contribution in [0.1, 0.15) is 5.56 Å². The molecular formula is C24H16Cl2N2O3S2. The van der Waals surface area contributed by atoms with Gasteiger partial charge in [-0.1, -0.05) is 65.4 Å². The van der Waals surface area contributed by atoms with Crippen molar-refractivity contribution in [1.29, 1.82) is 0 Å². The molecule has 1 aliphatic heterocycles. The SMILES string of the molecule is O=C(COc1cccc(/C=C2\SC(=S)N(c3ccc(Cl)cc3)C2=O)c1)Nc1cccc(Cl)c1. The van der Waals surface area contributed by atoms with E-state index in [1.54, 1.807) is 72.8 Å². The maximum atomic E-state index is 12.9. The Balaban J connectivity index is 1.42. The molecule has 1 aliphatic rings. The first-order valence-corrected chi connectivity index (χ1v) is 11.7. The monoisotopic (exact) mass is 514 g/mol. The maximum absolute atomic E-state index is 12.9. The summed E-state index contributed by atoms with van der Waals surface area (Å²) in [4.78, 5) is 27.1. The first-order chi connectivity index (χ1) is 15.9. The summed E-state index contributed by atoms with van der Waals surface area (Å²) in [7, 11) is 0. The number of halogens is 2. The number of thioether (sulfide) groups is 1. The van der Waals surface area contributed by atoms with Crippen LogP contribution < -0.4 is 15.0 Å². The van der Waals surface area contributed by atoms with Crippen LogP contribution >= 0.6 is 47.2 Å². The topological polar surface area (TPSA) is 58.6 Å². The van der Waals surface area contributed by atoms with Gasteiger partial charge >= 0.3 is 0 Å². The average Bonchev–Trinajstić information content (AvgIpc) is 3.06. The van der Waals surface area contributed by atoms with Crippen molar-refractivity contribution in [3.05, 3.63) is 93.3 Å². The van der Waals surface area contributed by atoms with Crippen molar-refractivity contribution in [2.75, 3.05) is 16.8 Å². The molecule has 0 aromatic heterocycles. The number of ether oxygens (including phenoxy) is 1. The van der Waals surface area contributed by atoms with Crippen LogP contribution in [-0.2, 0) is 9.59 Å². The molecule has 0 aliphatic carbocycles. The highest BCUT2D eigenvalue weighted by atomic mass is 35.5. The van der Waals surface area contributed by atoms with Gasteiger partial charge in [0.05, 0.1) is 10.6 Å². The lowest BCUT2D eigenvalue weighted by molar-refractivity contribution is -0.118. The molecule has 4 rings (SSSR count). The summed E-state index contributed by atoms with van der Waals surface area (Å²) in [6.45, 7) is -0.172. The number of benzene rings is 3. The van der Waals surface area contributed by atoms with Gasteiger partial charge in [0, 0.05) is 15.7 Å². The third-order valence-corrected chi connectivity index (χ3v) is 6.30. The summed E-state index contributed by atoms with van der Waals surface area (Å²) in [5.41, 5.74) is 2.00. The van der Waals surface area contributed by atoms with Gasteiger partial charge in [-0.25, -0.2) is 0 Å². The predicted octanol–water partition coefficient (Wildman–Crippen LogP) is 6.42. The van der Waals surface area contributed by atoms with Crippen LogP contribution in [0.3, 0.4) is 0 Å². The Morgan fingerprint density at radius 3 is 2.55 bits per heavy atom. The molecule has 1 fully saturated rings. The molecule has 5 nitrogen and oxygen atoms in total. The van der Waals surface area contributed by atoms with Crippen molar-refractivity contribution in [3.63, 3.8) is 0 Å². The summed E-state index contributed by atoms with van der Waals surface area (Å²) < 4.78 is 6.05. The molecule has 1 N–H and O–H groups in total. The van der Waals surface area contributed by atoms with Gasteiger partial charge in [-0.3, -0.25) is 14.5 Å². The molecular weight excluding hydrogens is 499 g/mol. The Labute approximate surface area is 210 Å². The van der Waals surface area contributed by atoms with Crippen LogP contribution in [-0.4, -0.2) is 22.7 Å². The highest BCUT2D eigenvalue weighted by Crippen LogP contribution is 2.36. The summed E-state index contributed by atoms with van der Waals surface area (Å²) in [5.74, 6) is -0.0239. The number of amides is 2. The minimum Gasteiger partial charge on any atom is -0.484 e. The Kier molecular flexibility index (Phi) is 7.35. The molecule has 3 aromatic rings. The highest BCUT2D eigenvalue weighted by Gasteiger charge is 2.33. The summed E-state index contributed by atoms with van der Waals surface area (Å²) >= 11 is 18.5. The summed E-state index contributed by atoms with van der Waals surface area (Å²) in [6.07, 6.45) is 1.74. The molecule has 1 heterocycles. The molecule has 1 saturated heterocycles. The van der Waals surface area contributed by atoms with Gasteiger partial charge in [-0.2, -0.15) is 0 Å². The number of hydrogen-bond donors (Lipinski definition) is 1. The minimum atomic E-state index is -0.313. The van der Waals surface area contributed by atoms with Gasteiger partial charge in [-0.05, 0) is 66.2 Å². The van der Waals surface area contributed by atoms with Crippen molar-refractivity contribution in [2.24, 2.45) is 0 Å². The Morgan fingerprint density at radius 2 is 1.79 bits per heavy atom. The summed E-state index contributed by atoms with van der Waals surface area (Å²) in [6, 6.07) is 20.9. The van der Waals surface area contributed by atoms with Gasteiger partial charge in [0.2, 0.25) is 0 Å². The lowest BCUT2D eigenvalue weighted by Crippen LogP contribution is -2.27. The molecule has 33 heavy (non-hydrogen) atoms. The molecule has 3 aromatic carbocycles. The fourth-order valence-electron chi connectivity index (χ4n) is 3.04. The van der Waals surface area contributed by atoms with Gasteiger partial charge in [-0.15, -0.1) is 0 Å². The van der Waals surface area contributed by atoms with E-state index in [4.69, 9.17) is 40.2 Å². The third-order valence-electron chi connectivity index (χ3n) is 4.51. The zero-order chi connectivity index (χ0) is 23.4. The predicted molar refractivity (Wildman–Crippen MR) is 139 cm³/mol. The molecule has 0 unspecified atom stereocenters. The van der Waals surface area contributed by atoms with E-state index in [0.29, 0.717) is 36.4 Å². The quantitative estimate of drug-likeness (QED) is 0.304. The van der Waals surface area contributed by atoms with Crippen molar-refractivity contribution >= 4 is 80.8 Å². The van der Waals surface area contributed by atoms with E-state index in [-0.39, 0.29) is 18.4 Å². The minimum absolute atomic E-state index is 0.172. The Morgan fingerprint density at radius 1 is 1.03 bits per heavy atom. The molecule has 166 valence electrons. The van der Waals surface area contributed by atoms with Crippen molar-refractivity contribution in [3.8, 4) is 5.75 Å². The van der Waals surface area contributed by atoms with Crippen LogP contribution in [0.2, 0.25) is 10.0 Å². The lowest BCUT2D eigenvalue weighted by Gasteiger charge is -2.14. The van der Waals surface area contributed by atoms with E-state index in [1.807, 2.05) is 6.07 Å². The molecule has 0 spiro atoms. The second kappa shape index (κ2) is 10.4. The second-order valence-corrected chi connectivity index (χ2v) is 9.46. The molecule has 0 saturated carbocycles. The second-order valence-electron chi connectivity index (χ2n) is 6.91. The largest absolute Gasteiger partial charge is 0.484 e. The lowest BCUT2D eigenvalue weighted by atomic mass is 10.2. The first kappa shape index (κ1) is 23.3. The van der Waals surface area contributed by atoms with Gasteiger partial charge < -0.3 is 10.1 Å². The van der Waals surface area contributed by atoms with E-state index in [0.717, 1.165) is 5.56 Å². The number of carbonyl (C=O) groups excluding carboxylic acids is 2. The Bertz CT molecular complexity index is 1260. The number of anilines is 2. The van der Waals surface area contributed by atoms with Gasteiger partial charge in [0.25, 0.3) is 11.8 Å². The first-order valence-electron chi connectivity index (χ1n) is 9.71. The molecule has 9 heteroatoms. The van der Waals surface area contributed by atoms with E-state index >= 15 is 0 Å². The van der Waals surface area contributed by atoms with Crippen LogP contribution in [0.25, 0.3) is 6.08 Å². The van der Waals surface area contributed by atoms with Gasteiger partial charge in [0.1, 0.15) is 5.75 Å². The van der Waals surface area contributed by atoms with E-state index in [9.17, 15) is 9.59 Å². The van der Waals surface area contributed by atoms with E-state index < -0.39 is 0 Å². The number of hydrogen-bond acceptors (Lipinski definition) is 5. The van der Waals surface area contributed by atoms with Crippen LogP contribution in [0.5, 0.6) is 5.75 Å². The van der Waals surface area contributed by atoms with Crippen molar-refractivity contribution in [1.82, 2.24) is 0 Å². The normalized spacial score (nSPS) is 14.6. The number of nitrogens with zero attached hydrogens (tertiary/aromatic N) is 1. The zero-order valence-electron chi connectivity index (χ0n) is 17.0. The van der Waals surface area contributed by atoms with Crippen LogP contribution in [0.15, 0.2) is 77.7 Å². The number of carbonyl (C=O) groups is 2. The number of rotatable bonds is 6. The zero-order valence-corrected chi connectivity index (χ0v) is 20.1.